The van der Waals surface area contributed by atoms with Crippen LogP contribution < -0.4 is 16.4 Å². The molecule has 4 N–H and O–H groups in total. The van der Waals surface area contributed by atoms with Crippen LogP contribution in [0.2, 0.25) is 0 Å². The molecule has 1 heterocycles. The summed E-state index contributed by atoms with van der Waals surface area (Å²) in [5, 5.41) is 4.74. The fourth-order valence-corrected chi connectivity index (χ4v) is 1.33. The Balaban J connectivity index is 2.14. The first kappa shape index (κ1) is 9.98. The van der Waals surface area contributed by atoms with E-state index >= 15 is 0 Å². The predicted molar refractivity (Wildman–Crippen MR) is 48.0 cm³/mol. The molecule has 1 aliphatic heterocycles. The molecule has 0 aromatic rings. The molecule has 0 spiro atoms. The summed E-state index contributed by atoms with van der Waals surface area (Å²) in [6.45, 7) is 0.684. The van der Waals surface area contributed by atoms with Gasteiger partial charge in [0.05, 0.1) is 0 Å². The van der Waals surface area contributed by atoms with Gasteiger partial charge >= 0.3 is 6.03 Å². The van der Waals surface area contributed by atoms with Crippen molar-refractivity contribution in [1.29, 1.82) is 0 Å². The molecule has 1 aliphatic rings. The first-order valence-electron chi connectivity index (χ1n) is 4.55. The third kappa shape index (κ3) is 3.02. The second-order valence-electron chi connectivity index (χ2n) is 3.15. The number of nitrogens with two attached hydrogens (primary N) is 1. The van der Waals surface area contributed by atoms with Crippen LogP contribution in [0.1, 0.15) is 25.7 Å². The second kappa shape index (κ2) is 4.81. The predicted octanol–water partition coefficient (Wildman–Crippen LogP) is -0.286. The minimum Gasteiger partial charge on any atom is -0.330 e. The topological polar surface area (TPSA) is 84.2 Å². The zero-order chi connectivity index (χ0) is 9.68. The molecule has 0 aromatic heterocycles. The van der Waals surface area contributed by atoms with E-state index in [0.717, 1.165) is 19.3 Å². The number of hydrogen-bond acceptors (Lipinski definition) is 3. The van der Waals surface area contributed by atoms with E-state index in [2.05, 4.69) is 10.6 Å². The summed E-state index contributed by atoms with van der Waals surface area (Å²) in [5.74, 6) is -0.210. The highest BCUT2D eigenvalue weighted by Gasteiger charge is 2.28. The molecule has 3 amide bonds. The maximum Gasteiger partial charge on any atom is 0.322 e. The van der Waals surface area contributed by atoms with Gasteiger partial charge in [-0.25, -0.2) is 4.79 Å². The summed E-state index contributed by atoms with van der Waals surface area (Å²) < 4.78 is 0. The monoisotopic (exact) mass is 185 g/mol. The highest BCUT2D eigenvalue weighted by atomic mass is 16.2. The van der Waals surface area contributed by atoms with Gasteiger partial charge in [-0.2, -0.15) is 0 Å². The zero-order valence-electron chi connectivity index (χ0n) is 7.51. The summed E-state index contributed by atoms with van der Waals surface area (Å²) in [4.78, 5) is 21.7. The van der Waals surface area contributed by atoms with Crippen LogP contribution >= 0.6 is 0 Å². The number of rotatable bonds is 5. The van der Waals surface area contributed by atoms with Gasteiger partial charge in [-0.3, -0.25) is 10.1 Å². The molecule has 1 saturated heterocycles. The first-order valence-corrected chi connectivity index (χ1v) is 4.55. The molecule has 13 heavy (non-hydrogen) atoms. The molecule has 1 fully saturated rings. The molecule has 74 valence electrons. The van der Waals surface area contributed by atoms with Crippen LogP contribution in [0.25, 0.3) is 0 Å². The fourth-order valence-electron chi connectivity index (χ4n) is 1.33. The van der Waals surface area contributed by atoms with Crippen molar-refractivity contribution in [3.05, 3.63) is 0 Å². The van der Waals surface area contributed by atoms with Gasteiger partial charge < -0.3 is 11.1 Å². The lowest BCUT2D eigenvalue weighted by Crippen LogP contribution is -2.28. The Morgan fingerprint density at radius 3 is 2.54 bits per heavy atom. The molecule has 5 nitrogen and oxygen atoms in total. The van der Waals surface area contributed by atoms with E-state index in [-0.39, 0.29) is 18.0 Å². The van der Waals surface area contributed by atoms with Crippen molar-refractivity contribution >= 4 is 11.9 Å². The molecule has 0 aliphatic carbocycles. The largest absolute Gasteiger partial charge is 0.330 e. The number of carbonyl (C=O) groups is 2. The number of carbonyl (C=O) groups excluding carboxylic acids is 2. The molecule has 1 unspecified atom stereocenters. The van der Waals surface area contributed by atoms with Gasteiger partial charge in [0.15, 0.2) is 0 Å². The maximum absolute atomic E-state index is 11.0. The van der Waals surface area contributed by atoms with Gasteiger partial charge in [0.1, 0.15) is 6.04 Å². The van der Waals surface area contributed by atoms with Crippen molar-refractivity contribution in [2.75, 3.05) is 6.54 Å². The van der Waals surface area contributed by atoms with Crippen LogP contribution in [-0.4, -0.2) is 24.5 Å². The molecule has 5 heteroatoms. The summed E-state index contributed by atoms with van der Waals surface area (Å²) in [7, 11) is 0. The summed E-state index contributed by atoms with van der Waals surface area (Å²) in [6, 6.07) is -0.709. The third-order valence-corrected chi connectivity index (χ3v) is 2.06. The lowest BCUT2D eigenvalue weighted by Gasteiger charge is -2.05. The molecule has 1 atom stereocenters. The third-order valence-electron chi connectivity index (χ3n) is 2.06. The Morgan fingerprint density at radius 1 is 1.23 bits per heavy atom. The van der Waals surface area contributed by atoms with Crippen molar-refractivity contribution in [2.24, 2.45) is 5.73 Å². The van der Waals surface area contributed by atoms with Crippen LogP contribution in [0.15, 0.2) is 0 Å². The minimum absolute atomic E-state index is 0.210. The molecular formula is C8H15N3O2. The van der Waals surface area contributed by atoms with E-state index in [1.54, 1.807) is 0 Å². The van der Waals surface area contributed by atoms with Crippen molar-refractivity contribution in [3.63, 3.8) is 0 Å². The second-order valence-corrected chi connectivity index (χ2v) is 3.15. The lowest BCUT2D eigenvalue weighted by atomic mass is 10.1. The molecule has 0 aromatic carbocycles. The van der Waals surface area contributed by atoms with Crippen molar-refractivity contribution < 1.29 is 9.59 Å². The smallest absolute Gasteiger partial charge is 0.322 e. The van der Waals surface area contributed by atoms with E-state index in [1.165, 1.54) is 0 Å². The summed E-state index contributed by atoms with van der Waals surface area (Å²) in [6.07, 6.45) is 3.62. The van der Waals surface area contributed by atoms with E-state index < -0.39 is 0 Å². The highest BCUT2D eigenvalue weighted by molar-refractivity contribution is 6.04. The lowest BCUT2D eigenvalue weighted by molar-refractivity contribution is -0.120. The standard InChI is InChI=1S/C8H15N3O2/c9-5-3-1-2-4-6-7(12)11-8(13)10-6/h6H,1-5,9H2,(H2,10,11,12,13). The number of unbranched alkanes of at least 4 members (excludes halogenated alkanes) is 2. The summed E-state index contributed by atoms with van der Waals surface area (Å²) >= 11 is 0. The van der Waals surface area contributed by atoms with Crippen LogP contribution in [0.5, 0.6) is 0 Å². The van der Waals surface area contributed by atoms with E-state index in [9.17, 15) is 9.59 Å². The quantitative estimate of drug-likeness (QED) is 0.406. The van der Waals surface area contributed by atoms with Crippen LogP contribution in [0.3, 0.4) is 0 Å². The van der Waals surface area contributed by atoms with E-state index in [4.69, 9.17) is 5.73 Å². The van der Waals surface area contributed by atoms with E-state index in [1.807, 2.05) is 0 Å². The normalized spacial score (nSPS) is 21.5. The average molecular weight is 185 g/mol. The van der Waals surface area contributed by atoms with E-state index in [0.29, 0.717) is 13.0 Å². The average Bonchev–Trinajstić information content (AvgIpc) is 2.39. The van der Waals surface area contributed by atoms with Gasteiger partial charge in [-0.15, -0.1) is 0 Å². The Hall–Kier alpha value is -1.10. The number of amides is 3. The number of nitrogens with one attached hydrogen (secondary N) is 2. The highest BCUT2D eigenvalue weighted by Crippen LogP contribution is 2.05. The van der Waals surface area contributed by atoms with Crippen molar-refractivity contribution in [3.8, 4) is 0 Å². The molecule has 0 radical (unpaired) electrons. The molecule has 0 bridgehead atoms. The van der Waals surface area contributed by atoms with Gasteiger partial charge in [-0.05, 0) is 19.4 Å². The summed E-state index contributed by atoms with van der Waals surface area (Å²) in [5.41, 5.74) is 5.32. The number of hydrogen-bond donors (Lipinski definition) is 3. The Kier molecular flexibility index (Phi) is 3.70. The van der Waals surface area contributed by atoms with Gasteiger partial charge in [0, 0.05) is 0 Å². The maximum atomic E-state index is 11.0. The SMILES string of the molecule is NCCCCCC1NC(=O)NC1=O. The zero-order valence-corrected chi connectivity index (χ0v) is 7.51. The minimum atomic E-state index is -0.381. The van der Waals surface area contributed by atoms with Gasteiger partial charge in [0.25, 0.3) is 5.91 Å². The van der Waals surface area contributed by atoms with Crippen molar-refractivity contribution in [2.45, 2.75) is 31.7 Å². The number of imide groups is 1. The van der Waals surface area contributed by atoms with Crippen molar-refractivity contribution in [1.82, 2.24) is 10.6 Å². The van der Waals surface area contributed by atoms with Crippen LogP contribution in [0.4, 0.5) is 4.79 Å². The Bertz CT molecular complexity index is 206. The molecule has 1 rings (SSSR count). The molecule has 0 saturated carbocycles. The fraction of sp³-hybridized carbons (Fsp3) is 0.750. The Labute approximate surface area is 77.1 Å². The van der Waals surface area contributed by atoms with Crippen LogP contribution in [-0.2, 0) is 4.79 Å². The van der Waals surface area contributed by atoms with Gasteiger partial charge in [0.2, 0.25) is 0 Å². The van der Waals surface area contributed by atoms with Crippen LogP contribution in [0, 0.1) is 0 Å². The van der Waals surface area contributed by atoms with Gasteiger partial charge in [-0.1, -0.05) is 12.8 Å². The number of urea groups is 1. The Morgan fingerprint density at radius 2 is 2.00 bits per heavy atom. The first-order chi connectivity index (χ1) is 6.24. The molecular weight excluding hydrogens is 170 g/mol.